The number of hydrogen-bond acceptors (Lipinski definition) is 2. The minimum absolute atomic E-state index is 0.472. The van der Waals surface area contributed by atoms with Crippen molar-refractivity contribution in [2.45, 2.75) is 51.5 Å². The van der Waals surface area contributed by atoms with Gasteiger partial charge in [0.25, 0.3) is 0 Å². The molecule has 2 atom stereocenters. The summed E-state index contributed by atoms with van der Waals surface area (Å²) in [7, 11) is 0. The molecule has 2 fully saturated rings. The standard InChI is InChI=1S/C13H20ClN3/c1-8(2)7-17-12(6-14)15-16-13(17)11-4-9-3-10(9)5-11/h8-11H,3-7H2,1-2H3. The second kappa shape index (κ2) is 4.27. The third-order valence-corrected chi connectivity index (χ3v) is 4.37. The zero-order valence-electron chi connectivity index (χ0n) is 10.6. The summed E-state index contributed by atoms with van der Waals surface area (Å²) in [6.45, 7) is 5.46. The van der Waals surface area contributed by atoms with Crippen molar-refractivity contribution in [2.24, 2.45) is 17.8 Å². The number of aromatic nitrogens is 3. The fourth-order valence-corrected chi connectivity index (χ4v) is 3.44. The fourth-order valence-electron chi connectivity index (χ4n) is 3.24. The molecule has 0 aromatic carbocycles. The Kier molecular flexibility index (Phi) is 2.89. The van der Waals surface area contributed by atoms with Crippen molar-refractivity contribution in [3.05, 3.63) is 11.6 Å². The van der Waals surface area contributed by atoms with Gasteiger partial charge in [0.05, 0.1) is 5.88 Å². The second-order valence-corrected chi connectivity index (χ2v) is 6.30. The van der Waals surface area contributed by atoms with Gasteiger partial charge in [-0.2, -0.15) is 0 Å². The number of rotatable bonds is 4. The van der Waals surface area contributed by atoms with Gasteiger partial charge in [-0.1, -0.05) is 13.8 Å². The molecule has 1 heterocycles. The molecule has 0 N–H and O–H groups in total. The molecule has 2 saturated carbocycles. The summed E-state index contributed by atoms with van der Waals surface area (Å²) >= 11 is 5.95. The number of halogens is 1. The Labute approximate surface area is 108 Å². The van der Waals surface area contributed by atoms with E-state index in [9.17, 15) is 0 Å². The van der Waals surface area contributed by atoms with Crippen LogP contribution in [0.1, 0.15) is 50.7 Å². The van der Waals surface area contributed by atoms with Gasteiger partial charge in [-0.15, -0.1) is 21.8 Å². The lowest BCUT2D eigenvalue weighted by Gasteiger charge is -2.16. The highest BCUT2D eigenvalue weighted by Gasteiger charge is 2.47. The van der Waals surface area contributed by atoms with Crippen molar-refractivity contribution < 1.29 is 0 Å². The Morgan fingerprint density at radius 3 is 2.53 bits per heavy atom. The highest BCUT2D eigenvalue weighted by Crippen LogP contribution is 2.57. The minimum atomic E-state index is 0.472. The van der Waals surface area contributed by atoms with Crippen LogP contribution in [0.4, 0.5) is 0 Å². The molecule has 2 unspecified atom stereocenters. The molecule has 1 aromatic rings. The molecule has 2 aliphatic rings. The van der Waals surface area contributed by atoms with Gasteiger partial charge < -0.3 is 4.57 Å². The topological polar surface area (TPSA) is 30.7 Å². The van der Waals surface area contributed by atoms with Crippen LogP contribution in [0.25, 0.3) is 0 Å². The summed E-state index contributed by atoms with van der Waals surface area (Å²) in [5.41, 5.74) is 0. The summed E-state index contributed by atoms with van der Waals surface area (Å²) < 4.78 is 2.27. The number of fused-ring (bicyclic) bond motifs is 1. The molecule has 1 aromatic heterocycles. The van der Waals surface area contributed by atoms with E-state index in [1.807, 2.05) is 0 Å². The molecule has 3 rings (SSSR count). The summed E-state index contributed by atoms with van der Waals surface area (Å²) in [4.78, 5) is 0. The van der Waals surface area contributed by atoms with Crippen LogP contribution >= 0.6 is 11.6 Å². The predicted molar refractivity (Wildman–Crippen MR) is 68.0 cm³/mol. The van der Waals surface area contributed by atoms with Crippen molar-refractivity contribution >= 4 is 11.6 Å². The first-order chi connectivity index (χ1) is 8.19. The van der Waals surface area contributed by atoms with E-state index in [0.29, 0.717) is 17.7 Å². The van der Waals surface area contributed by atoms with E-state index in [2.05, 4.69) is 28.6 Å². The van der Waals surface area contributed by atoms with Gasteiger partial charge in [-0.3, -0.25) is 0 Å². The maximum Gasteiger partial charge on any atom is 0.147 e. The Hall–Kier alpha value is -0.570. The maximum atomic E-state index is 5.95. The summed E-state index contributed by atoms with van der Waals surface area (Å²) in [6, 6.07) is 0. The largest absolute Gasteiger partial charge is 0.313 e. The van der Waals surface area contributed by atoms with Gasteiger partial charge in [0, 0.05) is 12.5 Å². The third-order valence-electron chi connectivity index (χ3n) is 4.13. The number of hydrogen-bond donors (Lipinski definition) is 0. The van der Waals surface area contributed by atoms with Gasteiger partial charge in [0.15, 0.2) is 0 Å². The molecule has 94 valence electrons. The molecule has 3 nitrogen and oxygen atoms in total. The van der Waals surface area contributed by atoms with Crippen molar-refractivity contribution in [1.82, 2.24) is 14.8 Å². The Balaban J connectivity index is 1.84. The maximum absolute atomic E-state index is 5.95. The smallest absolute Gasteiger partial charge is 0.147 e. The predicted octanol–water partition coefficient (Wildman–Crippen LogP) is 3.19. The molecule has 0 bridgehead atoms. The third kappa shape index (κ3) is 2.10. The van der Waals surface area contributed by atoms with Crippen molar-refractivity contribution in [3.8, 4) is 0 Å². The summed E-state index contributed by atoms with van der Waals surface area (Å²) in [5, 5.41) is 8.66. The monoisotopic (exact) mass is 253 g/mol. The quantitative estimate of drug-likeness (QED) is 0.772. The number of alkyl halides is 1. The summed E-state index contributed by atoms with van der Waals surface area (Å²) in [6.07, 6.45) is 4.10. The zero-order chi connectivity index (χ0) is 12.0. The normalized spacial score (nSPS) is 30.9. The van der Waals surface area contributed by atoms with Crippen LogP contribution in [0.5, 0.6) is 0 Å². The van der Waals surface area contributed by atoms with Crippen LogP contribution in [0.15, 0.2) is 0 Å². The molecule has 0 radical (unpaired) electrons. The molecular formula is C13H20ClN3. The van der Waals surface area contributed by atoms with E-state index in [-0.39, 0.29) is 0 Å². The highest BCUT2D eigenvalue weighted by molar-refractivity contribution is 6.16. The van der Waals surface area contributed by atoms with E-state index < -0.39 is 0 Å². The van der Waals surface area contributed by atoms with E-state index >= 15 is 0 Å². The lowest BCUT2D eigenvalue weighted by Crippen LogP contribution is -2.14. The van der Waals surface area contributed by atoms with E-state index in [0.717, 1.165) is 24.2 Å². The summed E-state index contributed by atoms with van der Waals surface area (Å²) in [5.74, 6) is 5.84. The molecule has 2 aliphatic carbocycles. The van der Waals surface area contributed by atoms with Crippen molar-refractivity contribution in [3.63, 3.8) is 0 Å². The zero-order valence-corrected chi connectivity index (χ0v) is 11.3. The molecule has 0 saturated heterocycles. The van der Waals surface area contributed by atoms with Crippen LogP contribution in [0.2, 0.25) is 0 Å². The van der Waals surface area contributed by atoms with Gasteiger partial charge in [-0.05, 0) is 37.0 Å². The van der Waals surface area contributed by atoms with Gasteiger partial charge in [0.1, 0.15) is 11.6 Å². The Bertz CT molecular complexity index is 403. The van der Waals surface area contributed by atoms with Crippen LogP contribution in [0.3, 0.4) is 0 Å². The molecule has 17 heavy (non-hydrogen) atoms. The van der Waals surface area contributed by atoms with Crippen LogP contribution in [-0.2, 0) is 12.4 Å². The molecular weight excluding hydrogens is 234 g/mol. The lowest BCUT2D eigenvalue weighted by atomic mass is 10.0. The fraction of sp³-hybridized carbons (Fsp3) is 0.846. The van der Waals surface area contributed by atoms with E-state index in [1.165, 1.54) is 25.1 Å². The Morgan fingerprint density at radius 2 is 1.94 bits per heavy atom. The average molecular weight is 254 g/mol. The minimum Gasteiger partial charge on any atom is -0.313 e. The Morgan fingerprint density at radius 1 is 1.24 bits per heavy atom. The molecule has 0 amide bonds. The first-order valence-electron chi connectivity index (χ1n) is 6.67. The van der Waals surface area contributed by atoms with Crippen molar-refractivity contribution in [2.75, 3.05) is 0 Å². The van der Waals surface area contributed by atoms with Gasteiger partial charge in [-0.25, -0.2) is 0 Å². The molecule has 0 spiro atoms. The van der Waals surface area contributed by atoms with Gasteiger partial charge in [0.2, 0.25) is 0 Å². The van der Waals surface area contributed by atoms with Gasteiger partial charge >= 0.3 is 0 Å². The molecule has 4 heteroatoms. The van der Waals surface area contributed by atoms with E-state index in [4.69, 9.17) is 11.6 Å². The van der Waals surface area contributed by atoms with E-state index in [1.54, 1.807) is 0 Å². The first-order valence-corrected chi connectivity index (χ1v) is 7.20. The average Bonchev–Trinajstić information content (AvgIpc) is 2.74. The first kappa shape index (κ1) is 11.5. The second-order valence-electron chi connectivity index (χ2n) is 6.04. The highest BCUT2D eigenvalue weighted by atomic mass is 35.5. The molecule has 0 aliphatic heterocycles. The number of nitrogens with zero attached hydrogens (tertiary/aromatic N) is 3. The van der Waals surface area contributed by atoms with Crippen molar-refractivity contribution in [1.29, 1.82) is 0 Å². The van der Waals surface area contributed by atoms with Crippen LogP contribution in [0, 0.1) is 17.8 Å². The SMILES string of the molecule is CC(C)Cn1c(CCl)nnc1C1CC2CC2C1. The van der Waals surface area contributed by atoms with Crippen LogP contribution in [-0.4, -0.2) is 14.8 Å². The lowest BCUT2D eigenvalue weighted by molar-refractivity contribution is 0.468. The van der Waals surface area contributed by atoms with Crippen LogP contribution < -0.4 is 0 Å².